The molecule has 6 heteroatoms. The van der Waals surface area contributed by atoms with Crippen LogP contribution in [0.2, 0.25) is 5.02 Å². The van der Waals surface area contributed by atoms with Crippen LogP contribution >= 0.6 is 23.4 Å². The first-order chi connectivity index (χ1) is 11.1. The van der Waals surface area contributed by atoms with Crippen LogP contribution in [-0.2, 0) is 9.53 Å². The molecule has 0 heterocycles. The quantitative estimate of drug-likeness (QED) is 0.727. The first-order valence-corrected chi connectivity index (χ1v) is 9.38. The molecule has 1 saturated carbocycles. The maximum absolute atomic E-state index is 12.7. The topological polar surface area (TPSA) is 55.6 Å². The van der Waals surface area contributed by atoms with E-state index < -0.39 is 0 Å². The van der Waals surface area contributed by atoms with E-state index in [2.05, 4.69) is 0 Å². The second-order valence-electron chi connectivity index (χ2n) is 5.89. The van der Waals surface area contributed by atoms with Gasteiger partial charge in [-0.05, 0) is 43.5 Å². The van der Waals surface area contributed by atoms with Gasteiger partial charge in [0.15, 0.2) is 0 Å². The number of carbonyl (C=O) groups excluding carboxylic acids is 1. The van der Waals surface area contributed by atoms with Gasteiger partial charge in [-0.2, -0.15) is 0 Å². The first-order valence-electron chi connectivity index (χ1n) is 8.02. The number of halogens is 1. The monoisotopic (exact) mass is 356 g/mol. The fraction of sp³-hybridized carbons (Fsp3) is 0.588. The Hall–Kier alpha value is -0.750. The Bertz CT molecular complexity index is 498. The van der Waals surface area contributed by atoms with Crippen molar-refractivity contribution in [2.75, 3.05) is 32.6 Å². The average molecular weight is 357 g/mol. The SMILES string of the molecule is COCCN(CCSc1ccc(Cl)cc1)C(=O)[C@@H]1CC[C@H](N)C1. The van der Waals surface area contributed by atoms with Crippen LogP contribution in [0, 0.1) is 5.92 Å². The molecule has 4 nitrogen and oxygen atoms in total. The maximum atomic E-state index is 12.7. The third kappa shape index (κ3) is 5.99. The molecule has 2 atom stereocenters. The van der Waals surface area contributed by atoms with Crippen molar-refractivity contribution in [3.63, 3.8) is 0 Å². The Morgan fingerprint density at radius 2 is 2.09 bits per heavy atom. The van der Waals surface area contributed by atoms with Crippen LogP contribution in [0.1, 0.15) is 19.3 Å². The molecule has 0 bridgehead atoms. The molecule has 1 amide bonds. The van der Waals surface area contributed by atoms with Gasteiger partial charge in [0.2, 0.25) is 5.91 Å². The predicted molar refractivity (Wildman–Crippen MR) is 95.9 cm³/mol. The second-order valence-corrected chi connectivity index (χ2v) is 7.50. The minimum atomic E-state index is 0.0855. The number of ether oxygens (including phenoxy) is 1. The summed E-state index contributed by atoms with van der Waals surface area (Å²) in [7, 11) is 1.66. The zero-order valence-electron chi connectivity index (χ0n) is 13.5. The van der Waals surface area contributed by atoms with Gasteiger partial charge in [0.05, 0.1) is 6.61 Å². The van der Waals surface area contributed by atoms with E-state index in [9.17, 15) is 4.79 Å². The molecule has 0 unspecified atom stereocenters. The van der Waals surface area contributed by atoms with E-state index in [4.69, 9.17) is 22.1 Å². The number of nitrogens with zero attached hydrogens (tertiary/aromatic N) is 1. The largest absolute Gasteiger partial charge is 0.383 e. The summed E-state index contributed by atoms with van der Waals surface area (Å²) in [5, 5.41) is 0.740. The molecule has 2 rings (SSSR count). The van der Waals surface area contributed by atoms with E-state index >= 15 is 0 Å². The lowest BCUT2D eigenvalue weighted by atomic mass is 10.1. The Kier molecular flexibility index (Phi) is 7.70. The van der Waals surface area contributed by atoms with Crippen LogP contribution in [0.25, 0.3) is 0 Å². The lowest BCUT2D eigenvalue weighted by molar-refractivity contribution is -0.135. The molecule has 1 aliphatic carbocycles. The van der Waals surface area contributed by atoms with Gasteiger partial charge in [0, 0.05) is 47.8 Å². The van der Waals surface area contributed by atoms with E-state index in [1.54, 1.807) is 18.9 Å². The highest BCUT2D eigenvalue weighted by atomic mass is 35.5. The second kappa shape index (κ2) is 9.52. The van der Waals surface area contributed by atoms with Crippen LogP contribution in [0.5, 0.6) is 0 Å². The molecule has 1 aromatic carbocycles. The summed E-state index contributed by atoms with van der Waals surface area (Å²) in [4.78, 5) is 15.8. The van der Waals surface area contributed by atoms with Crippen LogP contribution in [0.15, 0.2) is 29.2 Å². The van der Waals surface area contributed by atoms with Gasteiger partial charge < -0.3 is 15.4 Å². The summed E-state index contributed by atoms with van der Waals surface area (Å²) < 4.78 is 5.14. The zero-order valence-corrected chi connectivity index (χ0v) is 15.1. The number of methoxy groups -OCH3 is 1. The van der Waals surface area contributed by atoms with Gasteiger partial charge in [-0.1, -0.05) is 11.6 Å². The zero-order chi connectivity index (χ0) is 16.7. The standard InChI is InChI=1S/C17H25ClN2O2S/c1-22-10-8-20(17(21)13-2-5-15(19)12-13)9-11-23-16-6-3-14(18)4-7-16/h3-4,6-7,13,15H,2,5,8-12,19H2,1H3/t13-,15+/m1/s1. The number of nitrogens with two attached hydrogens (primary N) is 1. The van der Waals surface area contributed by atoms with Crippen molar-refractivity contribution < 1.29 is 9.53 Å². The molecular weight excluding hydrogens is 332 g/mol. The van der Waals surface area contributed by atoms with Gasteiger partial charge in [-0.3, -0.25) is 4.79 Å². The van der Waals surface area contributed by atoms with E-state index in [0.717, 1.165) is 41.5 Å². The van der Waals surface area contributed by atoms with Crippen molar-refractivity contribution in [1.29, 1.82) is 0 Å². The molecule has 2 N–H and O–H groups in total. The number of benzene rings is 1. The van der Waals surface area contributed by atoms with Crippen molar-refractivity contribution >= 4 is 29.3 Å². The Labute approximate surface area is 147 Å². The minimum absolute atomic E-state index is 0.0855. The molecular formula is C17H25ClN2O2S. The number of carbonyl (C=O) groups is 1. The van der Waals surface area contributed by atoms with Crippen molar-refractivity contribution in [2.24, 2.45) is 11.7 Å². The normalized spacial score (nSPS) is 20.7. The molecule has 1 fully saturated rings. The Balaban J connectivity index is 1.84. The lowest BCUT2D eigenvalue weighted by Gasteiger charge is -2.25. The van der Waals surface area contributed by atoms with Crippen LogP contribution in [0.3, 0.4) is 0 Å². The Morgan fingerprint density at radius 1 is 1.35 bits per heavy atom. The van der Waals surface area contributed by atoms with Crippen molar-refractivity contribution in [1.82, 2.24) is 4.90 Å². The van der Waals surface area contributed by atoms with E-state index in [0.29, 0.717) is 13.2 Å². The summed E-state index contributed by atoms with van der Waals surface area (Å²) in [5.41, 5.74) is 5.94. The third-order valence-electron chi connectivity index (χ3n) is 4.14. The molecule has 0 aromatic heterocycles. The summed E-state index contributed by atoms with van der Waals surface area (Å²) in [6.45, 7) is 1.93. The highest BCUT2D eigenvalue weighted by Gasteiger charge is 2.30. The number of rotatable bonds is 8. The molecule has 0 radical (unpaired) electrons. The average Bonchev–Trinajstić information content (AvgIpc) is 2.98. The Morgan fingerprint density at radius 3 is 2.70 bits per heavy atom. The van der Waals surface area contributed by atoms with Crippen LogP contribution in [0.4, 0.5) is 0 Å². The first kappa shape index (κ1) is 18.6. The smallest absolute Gasteiger partial charge is 0.225 e. The highest BCUT2D eigenvalue weighted by Crippen LogP contribution is 2.26. The maximum Gasteiger partial charge on any atom is 0.225 e. The predicted octanol–water partition coefficient (Wildman–Crippen LogP) is 3.03. The molecule has 23 heavy (non-hydrogen) atoms. The third-order valence-corrected chi connectivity index (χ3v) is 5.39. The van der Waals surface area contributed by atoms with Crippen LogP contribution < -0.4 is 5.73 Å². The fourth-order valence-electron chi connectivity index (χ4n) is 2.84. The van der Waals surface area contributed by atoms with Crippen molar-refractivity contribution in [3.8, 4) is 0 Å². The summed E-state index contributed by atoms with van der Waals surface area (Å²) in [5.74, 6) is 1.17. The van der Waals surface area contributed by atoms with E-state index in [-0.39, 0.29) is 17.9 Å². The molecule has 128 valence electrons. The van der Waals surface area contributed by atoms with Crippen LogP contribution in [-0.4, -0.2) is 49.4 Å². The van der Waals surface area contributed by atoms with Gasteiger partial charge in [0.1, 0.15) is 0 Å². The van der Waals surface area contributed by atoms with Gasteiger partial charge in [0.25, 0.3) is 0 Å². The number of thioether (sulfide) groups is 1. The summed E-state index contributed by atoms with van der Waals surface area (Å²) >= 11 is 7.63. The summed E-state index contributed by atoms with van der Waals surface area (Å²) in [6, 6.07) is 7.96. The molecule has 1 aromatic rings. The van der Waals surface area contributed by atoms with Gasteiger partial charge in [-0.15, -0.1) is 11.8 Å². The lowest BCUT2D eigenvalue weighted by Crippen LogP contribution is -2.39. The van der Waals surface area contributed by atoms with Gasteiger partial charge in [-0.25, -0.2) is 0 Å². The van der Waals surface area contributed by atoms with Crippen molar-refractivity contribution in [3.05, 3.63) is 29.3 Å². The molecule has 1 aliphatic rings. The number of hydrogen-bond donors (Lipinski definition) is 1. The summed E-state index contributed by atoms with van der Waals surface area (Å²) in [6.07, 6.45) is 2.68. The van der Waals surface area contributed by atoms with E-state index in [1.807, 2.05) is 29.2 Å². The van der Waals surface area contributed by atoms with Gasteiger partial charge >= 0.3 is 0 Å². The van der Waals surface area contributed by atoms with Crippen molar-refractivity contribution in [2.45, 2.75) is 30.2 Å². The number of amides is 1. The minimum Gasteiger partial charge on any atom is -0.383 e. The molecule has 0 saturated heterocycles. The van der Waals surface area contributed by atoms with E-state index in [1.165, 1.54) is 0 Å². The molecule has 0 spiro atoms. The fourth-order valence-corrected chi connectivity index (χ4v) is 3.84. The highest BCUT2D eigenvalue weighted by molar-refractivity contribution is 7.99. The number of hydrogen-bond acceptors (Lipinski definition) is 4. The molecule has 0 aliphatic heterocycles.